The molecule has 1 amide bonds. The minimum atomic E-state index is -0.155. The molecule has 28 heavy (non-hydrogen) atoms. The molecular weight excluding hydrogens is 372 g/mol. The number of nitrogens with zero attached hydrogens (tertiary/aromatic N) is 3. The monoisotopic (exact) mass is 390 g/mol. The van der Waals surface area contributed by atoms with E-state index in [1.54, 1.807) is 10.7 Å². The van der Waals surface area contributed by atoms with Gasteiger partial charge in [0.15, 0.2) is 5.65 Å². The van der Waals surface area contributed by atoms with E-state index in [1.165, 1.54) is 5.56 Å². The number of benzene rings is 2. The molecule has 4 rings (SSSR count). The molecule has 2 aromatic carbocycles. The van der Waals surface area contributed by atoms with Gasteiger partial charge in [0.25, 0.3) is 5.91 Å². The second kappa shape index (κ2) is 7.82. The third-order valence-corrected chi connectivity index (χ3v) is 4.99. The molecule has 0 saturated carbocycles. The van der Waals surface area contributed by atoms with E-state index in [0.717, 1.165) is 23.4 Å². The predicted molar refractivity (Wildman–Crippen MR) is 111 cm³/mol. The summed E-state index contributed by atoms with van der Waals surface area (Å²) in [5.41, 5.74) is 4.67. The van der Waals surface area contributed by atoms with Gasteiger partial charge >= 0.3 is 0 Å². The maximum Gasteiger partial charge on any atom is 0.254 e. The minimum Gasteiger partial charge on any atom is -0.352 e. The first kappa shape index (κ1) is 18.2. The normalized spacial score (nSPS) is 10.9. The third kappa shape index (κ3) is 3.62. The van der Waals surface area contributed by atoms with Crippen LogP contribution in [0.2, 0.25) is 5.02 Å². The van der Waals surface area contributed by atoms with E-state index in [0.29, 0.717) is 22.8 Å². The molecule has 0 fully saturated rings. The molecule has 0 spiro atoms. The number of aryl methyl sites for hydroxylation is 1. The van der Waals surface area contributed by atoms with Crippen molar-refractivity contribution >= 4 is 23.2 Å². The van der Waals surface area contributed by atoms with E-state index in [1.807, 2.05) is 67.6 Å². The van der Waals surface area contributed by atoms with Crippen molar-refractivity contribution in [3.8, 4) is 11.3 Å². The van der Waals surface area contributed by atoms with Crippen LogP contribution in [0.4, 0.5) is 0 Å². The van der Waals surface area contributed by atoms with Crippen LogP contribution in [0.5, 0.6) is 0 Å². The van der Waals surface area contributed by atoms with Gasteiger partial charge in [0.2, 0.25) is 0 Å². The molecule has 0 aliphatic carbocycles. The molecule has 140 valence electrons. The van der Waals surface area contributed by atoms with Crippen molar-refractivity contribution in [2.24, 2.45) is 0 Å². The van der Waals surface area contributed by atoms with E-state index in [2.05, 4.69) is 15.4 Å². The van der Waals surface area contributed by atoms with Gasteiger partial charge in [-0.15, -0.1) is 0 Å². The second-order valence-electron chi connectivity index (χ2n) is 6.53. The van der Waals surface area contributed by atoms with Crippen molar-refractivity contribution in [1.29, 1.82) is 0 Å². The smallest absolute Gasteiger partial charge is 0.254 e. The van der Waals surface area contributed by atoms with Gasteiger partial charge in [0, 0.05) is 24.4 Å². The number of aromatic nitrogens is 3. The topological polar surface area (TPSA) is 59.3 Å². The first-order chi connectivity index (χ1) is 13.6. The number of carbonyl (C=O) groups excluding carboxylic acids is 1. The standard InChI is InChI=1S/C22H19ClN4O/c1-15-18(22(28)24-12-11-16-7-3-2-4-8-16)14-25-21-13-20(26-27(15)21)17-9-5-6-10-19(17)23/h2-10,13-14H,11-12H2,1H3,(H,24,28). The van der Waals surface area contributed by atoms with Crippen molar-refractivity contribution in [2.75, 3.05) is 6.54 Å². The number of amides is 1. The zero-order chi connectivity index (χ0) is 19.5. The summed E-state index contributed by atoms with van der Waals surface area (Å²) in [5.74, 6) is -0.155. The molecule has 6 heteroatoms. The van der Waals surface area contributed by atoms with Crippen LogP contribution in [-0.4, -0.2) is 27.0 Å². The van der Waals surface area contributed by atoms with E-state index in [-0.39, 0.29) is 5.91 Å². The fourth-order valence-electron chi connectivity index (χ4n) is 3.13. The number of halogens is 1. The van der Waals surface area contributed by atoms with Gasteiger partial charge in [-0.1, -0.05) is 60.1 Å². The van der Waals surface area contributed by atoms with Crippen LogP contribution in [0.1, 0.15) is 21.6 Å². The average molecular weight is 391 g/mol. The summed E-state index contributed by atoms with van der Waals surface area (Å²) < 4.78 is 1.69. The van der Waals surface area contributed by atoms with Gasteiger partial charge in [-0.25, -0.2) is 9.50 Å². The maximum atomic E-state index is 12.6. The number of fused-ring (bicyclic) bond motifs is 1. The lowest BCUT2D eigenvalue weighted by Crippen LogP contribution is -2.27. The zero-order valence-electron chi connectivity index (χ0n) is 15.4. The van der Waals surface area contributed by atoms with Crippen molar-refractivity contribution in [3.05, 3.63) is 88.7 Å². The lowest BCUT2D eigenvalue weighted by molar-refractivity contribution is 0.0952. The van der Waals surface area contributed by atoms with Gasteiger partial charge in [0.1, 0.15) is 0 Å². The van der Waals surface area contributed by atoms with Gasteiger partial charge in [0.05, 0.1) is 22.0 Å². The molecule has 0 aliphatic heterocycles. The summed E-state index contributed by atoms with van der Waals surface area (Å²) in [6.07, 6.45) is 2.38. The minimum absolute atomic E-state index is 0.155. The van der Waals surface area contributed by atoms with Crippen molar-refractivity contribution in [3.63, 3.8) is 0 Å². The van der Waals surface area contributed by atoms with Crippen LogP contribution >= 0.6 is 11.6 Å². The average Bonchev–Trinajstić information content (AvgIpc) is 3.14. The molecule has 0 saturated heterocycles. The lowest BCUT2D eigenvalue weighted by atomic mass is 10.1. The fraction of sp³-hybridized carbons (Fsp3) is 0.136. The Hall–Kier alpha value is -3.18. The van der Waals surface area contributed by atoms with Crippen LogP contribution in [0.3, 0.4) is 0 Å². The van der Waals surface area contributed by atoms with Crippen LogP contribution in [0.15, 0.2) is 66.9 Å². The highest BCUT2D eigenvalue weighted by atomic mass is 35.5. The zero-order valence-corrected chi connectivity index (χ0v) is 16.1. The molecule has 0 bridgehead atoms. The van der Waals surface area contributed by atoms with Crippen LogP contribution in [0, 0.1) is 6.92 Å². The Morgan fingerprint density at radius 2 is 1.86 bits per heavy atom. The number of rotatable bonds is 5. The third-order valence-electron chi connectivity index (χ3n) is 4.66. The first-order valence-electron chi connectivity index (χ1n) is 9.06. The molecule has 2 heterocycles. The molecular formula is C22H19ClN4O. The number of hydrogen-bond donors (Lipinski definition) is 1. The summed E-state index contributed by atoms with van der Waals surface area (Å²) >= 11 is 6.28. The summed E-state index contributed by atoms with van der Waals surface area (Å²) in [6.45, 7) is 2.43. The number of carbonyl (C=O) groups is 1. The SMILES string of the molecule is Cc1c(C(=O)NCCc2ccccc2)cnc2cc(-c3ccccc3Cl)nn12. The predicted octanol–water partition coefficient (Wildman–Crippen LogP) is 4.33. The van der Waals surface area contributed by atoms with Crippen LogP contribution in [0.25, 0.3) is 16.9 Å². The Kier molecular flexibility index (Phi) is 5.08. The summed E-state index contributed by atoms with van der Waals surface area (Å²) in [5, 5.41) is 8.19. The van der Waals surface area contributed by atoms with E-state index >= 15 is 0 Å². The van der Waals surface area contributed by atoms with Crippen LogP contribution < -0.4 is 5.32 Å². The lowest BCUT2D eigenvalue weighted by Gasteiger charge is -2.08. The highest BCUT2D eigenvalue weighted by Crippen LogP contribution is 2.27. The van der Waals surface area contributed by atoms with Gasteiger partial charge in [-0.2, -0.15) is 5.10 Å². The van der Waals surface area contributed by atoms with E-state index < -0.39 is 0 Å². The number of hydrogen-bond acceptors (Lipinski definition) is 3. The molecule has 5 nitrogen and oxygen atoms in total. The molecule has 0 aliphatic rings. The van der Waals surface area contributed by atoms with Crippen molar-refractivity contribution in [2.45, 2.75) is 13.3 Å². The van der Waals surface area contributed by atoms with Gasteiger partial charge in [-0.3, -0.25) is 4.79 Å². The molecule has 0 atom stereocenters. The second-order valence-corrected chi connectivity index (χ2v) is 6.94. The van der Waals surface area contributed by atoms with Crippen LogP contribution in [-0.2, 0) is 6.42 Å². The Morgan fingerprint density at radius 3 is 2.64 bits per heavy atom. The Morgan fingerprint density at radius 1 is 1.11 bits per heavy atom. The highest BCUT2D eigenvalue weighted by molar-refractivity contribution is 6.33. The molecule has 0 radical (unpaired) electrons. The highest BCUT2D eigenvalue weighted by Gasteiger charge is 2.15. The molecule has 4 aromatic rings. The molecule has 2 aromatic heterocycles. The largest absolute Gasteiger partial charge is 0.352 e. The van der Waals surface area contributed by atoms with Crippen molar-refractivity contribution < 1.29 is 4.79 Å². The fourth-order valence-corrected chi connectivity index (χ4v) is 3.36. The molecule has 0 unspecified atom stereocenters. The van der Waals surface area contributed by atoms with Crippen molar-refractivity contribution in [1.82, 2.24) is 19.9 Å². The number of nitrogens with one attached hydrogen (secondary N) is 1. The molecule has 1 N–H and O–H groups in total. The van der Waals surface area contributed by atoms with Gasteiger partial charge in [-0.05, 0) is 25.0 Å². The first-order valence-corrected chi connectivity index (χ1v) is 9.43. The Balaban J connectivity index is 1.55. The Bertz CT molecular complexity index is 1140. The summed E-state index contributed by atoms with van der Waals surface area (Å²) in [7, 11) is 0. The van der Waals surface area contributed by atoms with E-state index in [4.69, 9.17) is 11.6 Å². The Labute approximate surface area is 168 Å². The van der Waals surface area contributed by atoms with E-state index in [9.17, 15) is 4.79 Å². The summed E-state index contributed by atoms with van der Waals surface area (Å²) in [6, 6.07) is 19.5. The maximum absolute atomic E-state index is 12.6. The van der Waals surface area contributed by atoms with Gasteiger partial charge < -0.3 is 5.32 Å². The summed E-state index contributed by atoms with van der Waals surface area (Å²) in [4.78, 5) is 17.0. The quantitative estimate of drug-likeness (QED) is 0.551.